The van der Waals surface area contributed by atoms with E-state index in [-0.39, 0.29) is 9.92 Å². The van der Waals surface area contributed by atoms with Gasteiger partial charge in [-0.15, -0.1) is 0 Å². The van der Waals surface area contributed by atoms with Gasteiger partial charge in [-0.3, -0.25) is 10.1 Å². The van der Waals surface area contributed by atoms with E-state index in [1.54, 1.807) is 6.07 Å². The summed E-state index contributed by atoms with van der Waals surface area (Å²) < 4.78 is 0. The third-order valence-electron chi connectivity index (χ3n) is 2.78. The van der Waals surface area contributed by atoms with Gasteiger partial charge < -0.3 is 5.32 Å². The molecule has 0 unspecified atom stereocenters. The molecule has 1 N–H and O–H groups in total. The minimum atomic E-state index is -0.309. The lowest BCUT2D eigenvalue weighted by molar-refractivity contribution is -0.380. The van der Waals surface area contributed by atoms with E-state index in [1.807, 2.05) is 6.07 Å². The number of nitrogens with one attached hydrogen (secondary N) is 1. The summed E-state index contributed by atoms with van der Waals surface area (Å²) in [6.07, 6.45) is 3.37. The fourth-order valence-electron chi connectivity index (χ4n) is 1.94. The molecule has 0 saturated carbocycles. The Morgan fingerprint density at radius 3 is 2.80 bits per heavy atom. The van der Waals surface area contributed by atoms with Crippen LogP contribution in [-0.2, 0) is 6.42 Å². The molecule has 1 aliphatic heterocycles. The molecular formula is C10H14N2O2S. The van der Waals surface area contributed by atoms with E-state index in [2.05, 4.69) is 5.32 Å². The van der Waals surface area contributed by atoms with E-state index in [0.717, 1.165) is 24.4 Å². The maximum atomic E-state index is 10.5. The van der Waals surface area contributed by atoms with Crippen LogP contribution in [0.5, 0.6) is 0 Å². The number of hydrogen-bond acceptors (Lipinski definition) is 4. The molecule has 1 aromatic rings. The van der Waals surface area contributed by atoms with Gasteiger partial charge in [0, 0.05) is 10.9 Å². The van der Waals surface area contributed by atoms with Crippen LogP contribution in [0, 0.1) is 16.0 Å². The third kappa shape index (κ3) is 2.76. The van der Waals surface area contributed by atoms with Crippen LogP contribution in [0.15, 0.2) is 12.1 Å². The first-order chi connectivity index (χ1) is 7.25. The molecule has 0 aliphatic carbocycles. The molecule has 1 fully saturated rings. The number of piperidine rings is 1. The molecule has 0 amide bonds. The fourth-order valence-corrected chi connectivity index (χ4v) is 2.88. The number of nitro groups is 1. The second-order valence-electron chi connectivity index (χ2n) is 3.89. The molecule has 1 aromatic heterocycles. The maximum absolute atomic E-state index is 10.5. The van der Waals surface area contributed by atoms with Gasteiger partial charge in [0.2, 0.25) is 0 Å². The largest absolute Gasteiger partial charge is 0.324 e. The van der Waals surface area contributed by atoms with Gasteiger partial charge in [-0.05, 0) is 44.3 Å². The van der Waals surface area contributed by atoms with Crippen molar-refractivity contribution >= 4 is 16.3 Å². The van der Waals surface area contributed by atoms with E-state index in [9.17, 15) is 10.1 Å². The molecule has 1 aliphatic rings. The lowest BCUT2D eigenvalue weighted by Gasteiger charge is -2.21. The van der Waals surface area contributed by atoms with Crippen molar-refractivity contribution in [2.45, 2.75) is 19.3 Å². The molecule has 82 valence electrons. The number of hydrogen-bond donors (Lipinski definition) is 1. The molecule has 0 spiro atoms. The highest BCUT2D eigenvalue weighted by Gasteiger charge is 2.16. The van der Waals surface area contributed by atoms with Crippen LogP contribution in [0.3, 0.4) is 0 Å². The second kappa shape index (κ2) is 4.72. The van der Waals surface area contributed by atoms with Crippen LogP contribution in [0.2, 0.25) is 0 Å². The summed E-state index contributed by atoms with van der Waals surface area (Å²) in [4.78, 5) is 11.4. The van der Waals surface area contributed by atoms with Gasteiger partial charge >= 0.3 is 5.00 Å². The van der Waals surface area contributed by atoms with E-state index in [0.29, 0.717) is 5.92 Å². The molecule has 5 heteroatoms. The molecule has 1 saturated heterocycles. The smallest absolute Gasteiger partial charge is 0.317 e. The molecule has 0 atom stereocenters. The van der Waals surface area contributed by atoms with Gasteiger partial charge in [0.1, 0.15) is 0 Å². The average molecular weight is 226 g/mol. The Hall–Kier alpha value is -0.940. The Morgan fingerprint density at radius 1 is 1.47 bits per heavy atom. The van der Waals surface area contributed by atoms with Crippen molar-refractivity contribution in [2.75, 3.05) is 13.1 Å². The molecule has 4 nitrogen and oxygen atoms in total. The Labute approximate surface area is 92.5 Å². The standard InChI is InChI=1S/C10H14N2O2S/c13-12(14)10-2-1-9(15-10)7-8-3-5-11-6-4-8/h1-2,8,11H,3-7H2. The van der Waals surface area contributed by atoms with Crippen molar-refractivity contribution in [2.24, 2.45) is 5.92 Å². The summed E-state index contributed by atoms with van der Waals surface area (Å²) >= 11 is 1.32. The fraction of sp³-hybridized carbons (Fsp3) is 0.600. The zero-order valence-corrected chi connectivity index (χ0v) is 9.26. The van der Waals surface area contributed by atoms with Gasteiger partial charge in [0.05, 0.1) is 4.92 Å². The Morgan fingerprint density at radius 2 is 2.20 bits per heavy atom. The van der Waals surface area contributed by atoms with Crippen LogP contribution < -0.4 is 5.32 Å². The van der Waals surface area contributed by atoms with Crippen LogP contribution in [0.1, 0.15) is 17.7 Å². The van der Waals surface area contributed by atoms with E-state index >= 15 is 0 Å². The summed E-state index contributed by atoms with van der Waals surface area (Å²) in [7, 11) is 0. The van der Waals surface area contributed by atoms with Gasteiger partial charge in [-0.2, -0.15) is 0 Å². The number of nitrogens with zero attached hydrogens (tertiary/aromatic N) is 1. The minimum Gasteiger partial charge on any atom is -0.317 e. The summed E-state index contributed by atoms with van der Waals surface area (Å²) in [6, 6.07) is 3.51. The van der Waals surface area contributed by atoms with E-state index < -0.39 is 0 Å². The quantitative estimate of drug-likeness (QED) is 0.635. The van der Waals surface area contributed by atoms with E-state index in [4.69, 9.17) is 0 Å². The van der Waals surface area contributed by atoms with Crippen molar-refractivity contribution in [1.82, 2.24) is 5.32 Å². The molecule has 2 rings (SSSR count). The highest BCUT2D eigenvalue weighted by Crippen LogP contribution is 2.28. The van der Waals surface area contributed by atoms with Crippen molar-refractivity contribution in [3.8, 4) is 0 Å². The van der Waals surface area contributed by atoms with Gasteiger partial charge in [0.25, 0.3) is 0 Å². The van der Waals surface area contributed by atoms with Crippen molar-refractivity contribution in [1.29, 1.82) is 0 Å². The molecule has 15 heavy (non-hydrogen) atoms. The van der Waals surface area contributed by atoms with Gasteiger partial charge in [-0.25, -0.2) is 0 Å². The second-order valence-corrected chi connectivity index (χ2v) is 5.04. The van der Waals surface area contributed by atoms with Crippen LogP contribution >= 0.6 is 11.3 Å². The highest BCUT2D eigenvalue weighted by atomic mass is 32.1. The zero-order chi connectivity index (χ0) is 10.7. The van der Waals surface area contributed by atoms with Gasteiger partial charge in [0.15, 0.2) is 0 Å². The van der Waals surface area contributed by atoms with Crippen LogP contribution in [-0.4, -0.2) is 18.0 Å². The third-order valence-corrected chi connectivity index (χ3v) is 3.84. The number of rotatable bonds is 3. The lowest BCUT2D eigenvalue weighted by Crippen LogP contribution is -2.28. The monoisotopic (exact) mass is 226 g/mol. The lowest BCUT2D eigenvalue weighted by atomic mass is 9.94. The molecule has 0 radical (unpaired) electrons. The Kier molecular flexibility index (Phi) is 3.33. The first kappa shape index (κ1) is 10.6. The number of thiophene rings is 1. The molecular weight excluding hydrogens is 212 g/mol. The van der Waals surface area contributed by atoms with Crippen molar-refractivity contribution < 1.29 is 4.92 Å². The maximum Gasteiger partial charge on any atom is 0.324 e. The molecule has 0 aromatic carbocycles. The van der Waals surface area contributed by atoms with Gasteiger partial charge in [-0.1, -0.05) is 11.3 Å². The Bertz CT molecular complexity index is 345. The SMILES string of the molecule is O=[N+]([O-])c1ccc(CC2CCNCC2)s1. The average Bonchev–Trinajstić information content (AvgIpc) is 2.68. The van der Waals surface area contributed by atoms with Crippen LogP contribution in [0.25, 0.3) is 0 Å². The summed E-state index contributed by atoms with van der Waals surface area (Å²) in [6.45, 7) is 2.16. The predicted molar refractivity (Wildman–Crippen MR) is 60.3 cm³/mol. The molecule has 0 bridgehead atoms. The first-order valence-electron chi connectivity index (χ1n) is 5.19. The molecule has 2 heterocycles. The topological polar surface area (TPSA) is 55.2 Å². The van der Waals surface area contributed by atoms with Crippen LogP contribution in [0.4, 0.5) is 5.00 Å². The Balaban J connectivity index is 1.94. The summed E-state index contributed by atoms with van der Waals surface area (Å²) in [5, 5.41) is 14.1. The first-order valence-corrected chi connectivity index (χ1v) is 6.01. The normalized spacial score (nSPS) is 17.9. The highest BCUT2D eigenvalue weighted by molar-refractivity contribution is 7.15. The summed E-state index contributed by atoms with van der Waals surface area (Å²) in [5.74, 6) is 0.699. The zero-order valence-electron chi connectivity index (χ0n) is 8.44. The van der Waals surface area contributed by atoms with E-state index in [1.165, 1.54) is 24.2 Å². The van der Waals surface area contributed by atoms with Crippen molar-refractivity contribution in [3.05, 3.63) is 27.1 Å². The predicted octanol–water partition coefficient (Wildman–Crippen LogP) is 2.20. The summed E-state index contributed by atoms with van der Waals surface area (Å²) in [5.41, 5.74) is 0. The van der Waals surface area contributed by atoms with Crippen molar-refractivity contribution in [3.63, 3.8) is 0 Å². The minimum absolute atomic E-state index is 0.263.